The Morgan fingerprint density at radius 3 is 2.45 bits per heavy atom. The van der Waals surface area contributed by atoms with Gasteiger partial charge in [-0.1, -0.05) is 30.3 Å². The smallest absolute Gasteiger partial charge is 0.232 e. The molecule has 0 unspecified atom stereocenters. The van der Waals surface area contributed by atoms with Crippen LogP contribution < -0.4 is 9.62 Å². The third-order valence-electron chi connectivity index (χ3n) is 4.42. The standard InChI is InChI=1S/C21H23N3O3S2/c1-4-24(29(3,26)27)17-11-9-16(10-12-17)19-14-28-21(23-19)13-20(25)22-18-8-6-5-7-15(18)2/h5-12,14H,4,13H2,1-3H3,(H,22,25). The van der Waals surface area contributed by atoms with Gasteiger partial charge in [-0.15, -0.1) is 11.3 Å². The number of aryl methyl sites for hydroxylation is 1. The third kappa shape index (κ3) is 5.21. The first-order valence-corrected chi connectivity index (χ1v) is 11.9. The summed E-state index contributed by atoms with van der Waals surface area (Å²) >= 11 is 1.43. The molecule has 8 heteroatoms. The van der Waals surface area contributed by atoms with Crippen LogP contribution in [0.1, 0.15) is 17.5 Å². The van der Waals surface area contributed by atoms with Crippen molar-refractivity contribution in [3.63, 3.8) is 0 Å². The maximum Gasteiger partial charge on any atom is 0.232 e. The highest BCUT2D eigenvalue weighted by Crippen LogP contribution is 2.26. The SMILES string of the molecule is CCN(c1ccc(-c2csc(CC(=O)Nc3ccccc3C)n2)cc1)S(C)(=O)=O. The van der Waals surface area contributed by atoms with E-state index in [0.29, 0.717) is 12.2 Å². The minimum Gasteiger partial charge on any atom is -0.325 e. The van der Waals surface area contributed by atoms with E-state index in [1.165, 1.54) is 21.9 Å². The Kier molecular flexibility index (Phi) is 6.34. The highest BCUT2D eigenvalue weighted by Gasteiger charge is 2.15. The monoisotopic (exact) mass is 429 g/mol. The second kappa shape index (κ2) is 8.75. The van der Waals surface area contributed by atoms with E-state index in [0.717, 1.165) is 27.5 Å². The number of thiazole rings is 1. The van der Waals surface area contributed by atoms with Crippen molar-refractivity contribution in [2.45, 2.75) is 20.3 Å². The van der Waals surface area contributed by atoms with Crippen molar-refractivity contribution in [3.05, 3.63) is 64.5 Å². The van der Waals surface area contributed by atoms with Crippen molar-refractivity contribution in [2.24, 2.45) is 0 Å². The van der Waals surface area contributed by atoms with Gasteiger partial charge in [0, 0.05) is 23.2 Å². The lowest BCUT2D eigenvalue weighted by molar-refractivity contribution is -0.115. The molecule has 3 aromatic rings. The topological polar surface area (TPSA) is 79.4 Å². The number of rotatable bonds is 7. The summed E-state index contributed by atoms with van der Waals surface area (Å²) in [6.07, 6.45) is 1.40. The molecule has 0 saturated heterocycles. The van der Waals surface area contributed by atoms with Crippen molar-refractivity contribution in [1.29, 1.82) is 0 Å². The van der Waals surface area contributed by atoms with Crippen LogP contribution in [-0.2, 0) is 21.2 Å². The van der Waals surface area contributed by atoms with Gasteiger partial charge in [0.25, 0.3) is 0 Å². The van der Waals surface area contributed by atoms with Gasteiger partial charge >= 0.3 is 0 Å². The van der Waals surface area contributed by atoms with Crippen molar-refractivity contribution in [1.82, 2.24) is 4.98 Å². The Labute approximate surface area is 175 Å². The summed E-state index contributed by atoms with van der Waals surface area (Å²) in [7, 11) is -3.31. The molecule has 0 fully saturated rings. The van der Waals surface area contributed by atoms with Crippen LogP contribution in [0, 0.1) is 6.92 Å². The summed E-state index contributed by atoms with van der Waals surface area (Å²) in [5, 5.41) is 5.54. The summed E-state index contributed by atoms with van der Waals surface area (Å²) in [5.41, 5.74) is 4.07. The average Bonchev–Trinajstić information content (AvgIpc) is 3.12. The molecule has 1 aromatic heterocycles. The Hall–Kier alpha value is -2.71. The number of nitrogens with one attached hydrogen (secondary N) is 1. The molecule has 0 bridgehead atoms. The first-order valence-electron chi connectivity index (χ1n) is 9.16. The molecule has 0 aliphatic carbocycles. The Morgan fingerprint density at radius 2 is 1.83 bits per heavy atom. The largest absolute Gasteiger partial charge is 0.325 e. The minimum absolute atomic E-state index is 0.109. The lowest BCUT2D eigenvalue weighted by Crippen LogP contribution is -2.29. The molecule has 0 saturated carbocycles. The van der Waals surface area contributed by atoms with Crippen LogP contribution in [0.25, 0.3) is 11.3 Å². The molecule has 2 aromatic carbocycles. The third-order valence-corrected chi connectivity index (χ3v) is 6.54. The van der Waals surface area contributed by atoms with Gasteiger partial charge in [-0.25, -0.2) is 13.4 Å². The number of para-hydroxylation sites is 1. The van der Waals surface area contributed by atoms with Gasteiger partial charge in [0.1, 0.15) is 5.01 Å². The van der Waals surface area contributed by atoms with Gasteiger partial charge in [0.2, 0.25) is 15.9 Å². The summed E-state index contributed by atoms with van der Waals surface area (Å²) in [5.74, 6) is -0.109. The molecule has 0 atom stereocenters. The molecular formula is C21H23N3O3S2. The molecule has 0 spiro atoms. The number of carbonyl (C=O) groups excluding carboxylic acids is 1. The molecule has 0 radical (unpaired) electrons. The average molecular weight is 430 g/mol. The molecular weight excluding hydrogens is 406 g/mol. The highest BCUT2D eigenvalue weighted by atomic mass is 32.2. The van der Waals surface area contributed by atoms with Crippen LogP contribution in [0.5, 0.6) is 0 Å². The molecule has 3 rings (SSSR count). The maximum atomic E-state index is 12.3. The summed E-state index contributed by atoms with van der Waals surface area (Å²) in [6.45, 7) is 4.11. The number of carbonyl (C=O) groups is 1. The van der Waals surface area contributed by atoms with Gasteiger partial charge in [-0.2, -0.15) is 0 Å². The highest BCUT2D eigenvalue weighted by molar-refractivity contribution is 7.92. The zero-order chi connectivity index (χ0) is 21.0. The zero-order valence-corrected chi connectivity index (χ0v) is 18.2. The molecule has 1 amide bonds. The van der Waals surface area contributed by atoms with Crippen molar-refractivity contribution >= 4 is 38.6 Å². The molecule has 6 nitrogen and oxygen atoms in total. The number of sulfonamides is 1. The fraction of sp³-hybridized carbons (Fsp3) is 0.238. The quantitative estimate of drug-likeness (QED) is 0.614. The summed E-state index contributed by atoms with van der Waals surface area (Å²) in [4.78, 5) is 16.9. The fourth-order valence-electron chi connectivity index (χ4n) is 2.98. The number of hydrogen-bond donors (Lipinski definition) is 1. The second-order valence-corrected chi connectivity index (χ2v) is 9.49. The first kappa shape index (κ1) is 21.0. The number of benzene rings is 2. The van der Waals surface area contributed by atoms with Gasteiger partial charge in [0.05, 0.1) is 24.1 Å². The number of hydrogen-bond acceptors (Lipinski definition) is 5. The van der Waals surface area contributed by atoms with Crippen molar-refractivity contribution < 1.29 is 13.2 Å². The second-order valence-electron chi connectivity index (χ2n) is 6.64. The number of anilines is 2. The summed E-state index contributed by atoms with van der Waals surface area (Å²) in [6, 6.07) is 14.9. The van der Waals surface area contributed by atoms with E-state index in [4.69, 9.17) is 0 Å². The van der Waals surface area contributed by atoms with Gasteiger partial charge in [0.15, 0.2) is 0 Å². The molecule has 152 valence electrons. The van der Waals surface area contributed by atoms with Gasteiger partial charge < -0.3 is 5.32 Å². The predicted molar refractivity (Wildman–Crippen MR) is 119 cm³/mol. The molecule has 0 aliphatic rings. The summed E-state index contributed by atoms with van der Waals surface area (Å²) < 4.78 is 25.1. The minimum atomic E-state index is -3.31. The van der Waals surface area contributed by atoms with E-state index in [1.54, 1.807) is 19.1 Å². The van der Waals surface area contributed by atoms with E-state index >= 15 is 0 Å². The predicted octanol–water partition coefficient (Wildman–Crippen LogP) is 4.09. The van der Waals surface area contributed by atoms with Crippen LogP contribution >= 0.6 is 11.3 Å². The van der Waals surface area contributed by atoms with E-state index in [-0.39, 0.29) is 12.3 Å². The lowest BCUT2D eigenvalue weighted by Gasteiger charge is -2.20. The van der Waals surface area contributed by atoms with Crippen LogP contribution in [0.3, 0.4) is 0 Å². The Balaban J connectivity index is 1.70. The lowest BCUT2D eigenvalue weighted by atomic mass is 10.1. The van der Waals surface area contributed by atoms with Crippen LogP contribution in [0.15, 0.2) is 53.9 Å². The van der Waals surface area contributed by atoms with E-state index in [9.17, 15) is 13.2 Å². The van der Waals surface area contributed by atoms with E-state index < -0.39 is 10.0 Å². The zero-order valence-electron chi connectivity index (χ0n) is 16.5. The van der Waals surface area contributed by atoms with Crippen molar-refractivity contribution in [3.8, 4) is 11.3 Å². The van der Waals surface area contributed by atoms with Crippen molar-refractivity contribution in [2.75, 3.05) is 22.4 Å². The number of nitrogens with zero attached hydrogens (tertiary/aromatic N) is 2. The Bertz CT molecular complexity index is 1110. The molecule has 29 heavy (non-hydrogen) atoms. The molecule has 1 N–H and O–H groups in total. The molecule has 0 aliphatic heterocycles. The van der Waals surface area contributed by atoms with Crippen LogP contribution in [0.4, 0.5) is 11.4 Å². The van der Waals surface area contributed by atoms with Gasteiger partial charge in [-0.05, 0) is 37.6 Å². The molecule has 1 heterocycles. The fourth-order valence-corrected chi connectivity index (χ4v) is 4.75. The maximum absolute atomic E-state index is 12.3. The van der Waals surface area contributed by atoms with Crippen LogP contribution in [-0.4, -0.2) is 32.1 Å². The van der Waals surface area contributed by atoms with Gasteiger partial charge in [-0.3, -0.25) is 9.10 Å². The Morgan fingerprint density at radius 1 is 1.14 bits per heavy atom. The first-order chi connectivity index (χ1) is 13.8. The van der Waals surface area contributed by atoms with E-state index in [1.807, 2.05) is 48.7 Å². The number of aromatic nitrogens is 1. The normalized spacial score (nSPS) is 11.3. The van der Waals surface area contributed by atoms with E-state index in [2.05, 4.69) is 10.3 Å². The van der Waals surface area contributed by atoms with Crippen LogP contribution in [0.2, 0.25) is 0 Å². The number of amides is 1.